The molecule has 1 atom stereocenters. The maximum atomic E-state index is 12.1. The summed E-state index contributed by atoms with van der Waals surface area (Å²) in [7, 11) is -3.06. The number of anilines is 1. The standard InChI is InChI=1S/C13H22N4O2S/c1-2-3-9-20(18,19)17-8-5-12(11-17)10-16-13-14-6-4-7-15-13/h4,6-7,12H,2-3,5,8-11H2,1H3,(H,14,15,16). The minimum Gasteiger partial charge on any atom is -0.354 e. The molecule has 1 aliphatic heterocycles. The van der Waals surface area contributed by atoms with Gasteiger partial charge in [0.25, 0.3) is 0 Å². The molecule has 1 fully saturated rings. The molecule has 0 aliphatic carbocycles. The van der Waals surface area contributed by atoms with Crippen molar-refractivity contribution in [2.75, 3.05) is 30.7 Å². The molecule has 0 aromatic carbocycles. The summed E-state index contributed by atoms with van der Waals surface area (Å²) in [6, 6.07) is 1.77. The van der Waals surface area contributed by atoms with Crippen LogP contribution in [-0.4, -0.2) is 48.1 Å². The summed E-state index contributed by atoms with van der Waals surface area (Å²) in [5.74, 6) is 1.20. The number of rotatable bonds is 7. The van der Waals surface area contributed by atoms with Crippen molar-refractivity contribution in [3.05, 3.63) is 18.5 Å². The summed E-state index contributed by atoms with van der Waals surface area (Å²) in [5.41, 5.74) is 0. The molecule has 1 saturated heterocycles. The van der Waals surface area contributed by atoms with Gasteiger partial charge in [0, 0.05) is 32.0 Å². The third-order valence-corrected chi connectivity index (χ3v) is 5.44. The Bertz CT molecular complexity index is 506. The molecule has 1 aromatic rings. The van der Waals surface area contributed by atoms with E-state index in [9.17, 15) is 8.42 Å². The number of nitrogens with zero attached hydrogens (tertiary/aromatic N) is 3. The number of hydrogen-bond acceptors (Lipinski definition) is 5. The molecular formula is C13H22N4O2S. The zero-order valence-electron chi connectivity index (χ0n) is 11.8. The molecule has 1 aromatic heterocycles. The molecule has 1 N–H and O–H groups in total. The van der Waals surface area contributed by atoms with E-state index in [2.05, 4.69) is 15.3 Å². The molecular weight excluding hydrogens is 276 g/mol. The Hall–Kier alpha value is -1.21. The molecule has 2 rings (SSSR count). The Balaban J connectivity index is 1.80. The molecule has 0 amide bonds. The van der Waals surface area contributed by atoms with Crippen LogP contribution in [0.2, 0.25) is 0 Å². The van der Waals surface area contributed by atoms with Crippen molar-refractivity contribution in [2.45, 2.75) is 26.2 Å². The molecule has 2 heterocycles. The van der Waals surface area contributed by atoms with E-state index < -0.39 is 10.0 Å². The number of aromatic nitrogens is 2. The van der Waals surface area contributed by atoms with Gasteiger partial charge >= 0.3 is 0 Å². The van der Waals surface area contributed by atoms with Gasteiger partial charge in [0.15, 0.2) is 0 Å². The number of nitrogens with one attached hydrogen (secondary N) is 1. The van der Waals surface area contributed by atoms with Crippen LogP contribution < -0.4 is 5.32 Å². The first-order chi connectivity index (χ1) is 9.62. The van der Waals surface area contributed by atoms with E-state index in [1.165, 1.54) is 0 Å². The molecule has 0 saturated carbocycles. The lowest BCUT2D eigenvalue weighted by Gasteiger charge is -2.16. The van der Waals surface area contributed by atoms with Crippen LogP contribution in [0.25, 0.3) is 0 Å². The minimum atomic E-state index is -3.06. The van der Waals surface area contributed by atoms with Crippen molar-refractivity contribution in [1.82, 2.24) is 14.3 Å². The molecule has 20 heavy (non-hydrogen) atoms. The van der Waals surface area contributed by atoms with Gasteiger partial charge in [0.1, 0.15) is 0 Å². The second kappa shape index (κ2) is 6.99. The van der Waals surface area contributed by atoms with Crippen molar-refractivity contribution < 1.29 is 8.42 Å². The fourth-order valence-electron chi connectivity index (χ4n) is 2.30. The van der Waals surface area contributed by atoms with Gasteiger partial charge in [0.05, 0.1) is 5.75 Å². The highest BCUT2D eigenvalue weighted by Gasteiger charge is 2.30. The van der Waals surface area contributed by atoms with E-state index in [4.69, 9.17) is 0 Å². The van der Waals surface area contributed by atoms with E-state index >= 15 is 0 Å². The predicted octanol–water partition coefficient (Wildman–Crippen LogP) is 1.34. The van der Waals surface area contributed by atoms with Crippen molar-refractivity contribution >= 4 is 16.0 Å². The molecule has 0 spiro atoms. The third kappa shape index (κ3) is 4.14. The summed E-state index contributed by atoms with van der Waals surface area (Å²) in [5, 5.41) is 3.16. The summed E-state index contributed by atoms with van der Waals surface area (Å²) in [6.45, 7) is 3.95. The monoisotopic (exact) mass is 298 g/mol. The number of hydrogen-bond donors (Lipinski definition) is 1. The second-order valence-corrected chi connectivity index (χ2v) is 7.22. The van der Waals surface area contributed by atoms with Crippen LogP contribution in [0.3, 0.4) is 0 Å². The lowest BCUT2D eigenvalue weighted by molar-refractivity contribution is 0.459. The van der Waals surface area contributed by atoms with Crippen molar-refractivity contribution in [3.8, 4) is 0 Å². The first-order valence-corrected chi connectivity index (χ1v) is 8.71. The van der Waals surface area contributed by atoms with Crippen molar-refractivity contribution in [2.24, 2.45) is 5.92 Å². The van der Waals surface area contributed by atoms with Gasteiger partial charge in [-0.15, -0.1) is 0 Å². The van der Waals surface area contributed by atoms with E-state index in [0.29, 0.717) is 31.5 Å². The van der Waals surface area contributed by atoms with Gasteiger partial charge in [-0.2, -0.15) is 0 Å². The lowest BCUT2D eigenvalue weighted by Crippen LogP contribution is -2.31. The predicted molar refractivity (Wildman–Crippen MR) is 78.9 cm³/mol. The van der Waals surface area contributed by atoms with Gasteiger partial charge < -0.3 is 5.32 Å². The third-order valence-electron chi connectivity index (χ3n) is 3.51. The first-order valence-electron chi connectivity index (χ1n) is 7.10. The Morgan fingerprint density at radius 1 is 1.40 bits per heavy atom. The Kier molecular flexibility index (Phi) is 5.31. The van der Waals surface area contributed by atoms with Crippen LogP contribution in [0.15, 0.2) is 18.5 Å². The highest BCUT2D eigenvalue weighted by molar-refractivity contribution is 7.89. The summed E-state index contributed by atoms with van der Waals surface area (Å²) >= 11 is 0. The zero-order chi connectivity index (χ0) is 14.4. The fraction of sp³-hybridized carbons (Fsp3) is 0.692. The molecule has 7 heteroatoms. The van der Waals surface area contributed by atoms with Crippen molar-refractivity contribution in [1.29, 1.82) is 0 Å². The van der Waals surface area contributed by atoms with Crippen LogP contribution in [0.1, 0.15) is 26.2 Å². The van der Waals surface area contributed by atoms with E-state index in [0.717, 1.165) is 19.3 Å². The largest absolute Gasteiger partial charge is 0.354 e. The second-order valence-electron chi connectivity index (χ2n) is 5.14. The lowest BCUT2D eigenvalue weighted by atomic mass is 10.1. The first kappa shape index (κ1) is 15.2. The Morgan fingerprint density at radius 2 is 2.15 bits per heavy atom. The average Bonchev–Trinajstić information content (AvgIpc) is 2.94. The number of sulfonamides is 1. The van der Waals surface area contributed by atoms with Gasteiger partial charge in [-0.05, 0) is 24.8 Å². The maximum absolute atomic E-state index is 12.1. The van der Waals surface area contributed by atoms with Gasteiger partial charge in [-0.3, -0.25) is 0 Å². The summed E-state index contributed by atoms with van der Waals surface area (Å²) in [6.07, 6.45) is 5.91. The van der Waals surface area contributed by atoms with Crippen LogP contribution in [0.4, 0.5) is 5.95 Å². The zero-order valence-corrected chi connectivity index (χ0v) is 12.6. The molecule has 0 radical (unpaired) electrons. The molecule has 6 nitrogen and oxygen atoms in total. The molecule has 1 aliphatic rings. The highest BCUT2D eigenvalue weighted by Crippen LogP contribution is 2.20. The normalized spacial score (nSPS) is 20.1. The minimum absolute atomic E-state index is 0.269. The molecule has 0 bridgehead atoms. The highest BCUT2D eigenvalue weighted by atomic mass is 32.2. The van der Waals surface area contributed by atoms with E-state index in [1.807, 2.05) is 6.92 Å². The topological polar surface area (TPSA) is 75.2 Å². The van der Waals surface area contributed by atoms with E-state index in [-0.39, 0.29) is 5.75 Å². The Labute approximate surface area is 120 Å². The maximum Gasteiger partial charge on any atom is 0.222 e. The van der Waals surface area contributed by atoms with Gasteiger partial charge in [-0.25, -0.2) is 22.7 Å². The average molecular weight is 298 g/mol. The van der Waals surface area contributed by atoms with Crippen LogP contribution in [-0.2, 0) is 10.0 Å². The smallest absolute Gasteiger partial charge is 0.222 e. The summed E-state index contributed by atoms with van der Waals surface area (Å²) in [4.78, 5) is 8.19. The van der Waals surface area contributed by atoms with Gasteiger partial charge in [0.2, 0.25) is 16.0 Å². The van der Waals surface area contributed by atoms with Crippen LogP contribution in [0.5, 0.6) is 0 Å². The van der Waals surface area contributed by atoms with Crippen molar-refractivity contribution in [3.63, 3.8) is 0 Å². The quantitative estimate of drug-likeness (QED) is 0.822. The van der Waals surface area contributed by atoms with Crippen LogP contribution >= 0.6 is 0 Å². The fourth-order valence-corrected chi connectivity index (χ4v) is 4.03. The number of unbranched alkanes of at least 4 members (excludes halogenated alkanes) is 1. The molecule has 112 valence electrons. The van der Waals surface area contributed by atoms with Gasteiger partial charge in [-0.1, -0.05) is 13.3 Å². The summed E-state index contributed by atoms with van der Waals surface area (Å²) < 4.78 is 25.8. The van der Waals surface area contributed by atoms with Crippen LogP contribution in [0, 0.1) is 5.92 Å². The SMILES string of the molecule is CCCCS(=O)(=O)N1CCC(CNc2ncccn2)C1. The Morgan fingerprint density at radius 3 is 2.85 bits per heavy atom. The molecule has 1 unspecified atom stereocenters. The van der Waals surface area contributed by atoms with E-state index in [1.54, 1.807) is 22.8 Å².